The number of para-hydroxylation sites is 1. The summed E-state index contributed by atoms with van der Waals surface area (Å²) in [5.74, 6) is -2.03. The van der Waals surface area contributed by atoms with Gasteiger partial charge in [-0.15, -0.1) is 5.10 Å². The molecule has 1 aromatic carbocycles. The summed E-state index contributed by atoms with van der Waals surface area (Å²) in [6, 6.07) is 6.40. The SMILES string of the molecule is CCn1c(CO)nn(-c2cc3nccc(Oc4c(F)cccc4Cl)c3c(OC(CF)C(F)F)n2)c1=O. The molecule has 3 aromatic heterocycles. The zero-order chi connectivity index (χ0) is 26.0. The van der Waals surface area contributed by atoms with Crippen LogP contribution in [-0.2, 0) is 13.2 Å². The Morgan fingerprint density at radius 2 is 2.03 bits per heavy atom. The lowest BCUT2D eigenvalue weighted by molar-refractivity contribution is -0.00269. The van der Waals surface area contributed by atoms with Crippen LogP contribution in [0, 0.1) is 5.82 Å². The van der Waals surface area contributed by atoms with Gasteiger partial charge in [-0.2, -0.15) is 9.67 Å². The number of hydrogen-bond donors (Lipinski definition) is 1. The lowest BCUT2D eigenvalue weighted by Crippen LogP contribution is -2.29. The first-order valence-corrected chi connectivity index (χ1v) is 10.9. The van der Waals surface area contributed by atoms with Crippen molar-refractivity contribution in [2.45, 2.75) is 32.6 Å². The zero-order valence-corrected chi connectivity index (χ0v) is 19.3. The van der Waals surface area contributed by atoms with Gasteiger partial charge in [0.15, 0.2) is 29.3 Å². The molecule has 9 nitrogen and oxygen atoms in total. The van der Waals surface area contributed by atoms with E-state index in [0.717, 1.165) is 10.7 Å². The van der Waals surface area contributed by atoms with Crippen molar-refractivity contribution in [3.05, 3.63) is 63.7 Å². The Kier molecular flexibility index (Phi) is 7.40. The Morgan fingerprint density at radius 3 is 2.64 bits per heavy atom. The molecule has 14 heteroatoms. The third kappa shape index (κ3) is 4.71. The summed E-state index contributed by atoms with van der Waals surface area (Å²) in [6.45, 7) is -0.273. The van der Waals surface area contributed by atoms with Crippen LogP contribution in [0.15, 0.2) is 41.3 Å². The number of hydrogen-bond acceptors (Lipinski definition) is 7. The second kappa shape index (κ2) is 10.5. The van der Waals surface area contributed by atoms with E-state index in [0.29, 0.717) is 0 Å². The minimum absolute atomic E-state index is 0.0235. The van der Waals surface area contributed by atoms with Gasteiger partial charge in [0, 0.05) is 18.8 Å². The Hall–Kier alpha value is -3.71. The fourth-order valence-electron chi connectivity index (χ4n) is 3.38. The second-order valence-corrected chi connectivity index (χ2v) is 7.71. The second-order valence-electron chi connectivity index (χ2n) is 7.30. The number of aromatic nitrogens is 5. The highest BCUT2D eigenvalue weighted by Crippen LogP contribution is 2.39. The maximum Gasteiger partial charge on any atom is 0.352 e. The molecule has 1 N–H and O–H groups in total. The summed E-state index contributed by atoms with van der Waals surface area (Å²) in [6.07, 6.45) is -4.16. The lowest BCUT2D eigenvalue weighted by Gasteiger charge is -2.18. The van der Waals surface area contributed by atoms with Gasteiger partial charge in [0.05, 0.1) is 10.5 Å². The normalized spacial score (nSPS) is 12.3. The zero-order valence-electron chi connectivity index (χ0n) is 18.5. The topological polar surface area (TPSA) is 104 Å². The van der Waals surface area contributed by atoms with E-state index in [-0.39, 0.29) is 45.6 Å². The minimum Gasteiger partial charge on any atom is -0.465 e. The van der Waals surface area contributed by atoms with E-state index < -0.39 is 43.2 Å². The largest absolute Gasteiger partial charge is 0.465 e. The smallest absolute Gasteiger partial charge is 0.352 e. The molecule has 0 saturated heterocycles. The molecule has 0 spiro atoms. The highest BCUT2D eigenvalue weighted by molar-refractivity contribution is 6.32. The molecule has 0 bridgehead atoms. The van der Waals surface area contributed by atoms with Crippen LogP contribution in [0.25, 0.3) is 16.7 Å². The van der Waals surface area contributed by atoms with Crippen LogP contribution < -0.4 is 15.2 Å². The highest BCUT2D eigenvalue weighted by atomic mass is 35.5. The number of benzene rings is 1. The van der Waals surface area contributed by atoms with Crippen molar-refractivity contribution in [3.8, 4) is 23.2 Å². The summed E-state index contributed by atoms with van der Waals surface area (Å²) in [7, 11) is 0. The molecule has 0 aliphatic rings. The van der Waals surface area contributed by atoms with Crippen molar-refractivity contribution in [2.75, 3.05) is 6.67 Å². The third-order valence-corrected chi connectivity index (χ3v) is 5.38. The molecule has 36 heavy (non-hydrogen) atoms. The maximum atomic E-state index is 14.4. The number of rotatable bonds is 9. The maximum absolute atomic E-state index is 14.4. The van der Waals surface area contributed by atoms with Gasteiger partial charge in [0.1, 0.15) is 24.4 Å². The number of pyridine rings is 2. The van der Waals surface area contributed by atoms with Gasteiger partial charge in [0.25, 0.3) is 6.43 Å². The molecule has 4 rings (SSSR count). The molecular weight excluding hydrogens is 510 g/mol. The first-order valence-electron chi connectivity index (χ1n) is 10.5. The van der Waals surface area contributed by atoms with E-state index in [1.807, 2.05) is 0 Å². The Morgan fingerprint density at radius 1 is 1.25 bits per heavy atom. The molecule has 1 atom stereocenters. The van der Waals surface area contributed by atoms with Crippen molar-refractivity contribution in [1.82, 2.24) is 24.3 Å². The van der Waals surface area contributed by atoms with E-state index in [2.05, 4.69) is 15.1 Å². The minimum atomic E-state index is -3.22. The fourth-order valence-corrected chi connectivity index (χ4v) is 3.58. The van der Waals surface area contributed by atoms with Crippen LogP contribution in [0.2, 0.25) is 5.02 Å². The molecule has 1 unspecified atom stereocenters. The number of nitrogens with zero attached hydrogens (tertiary/aromatic N) is 5. The van der Waals surface area contributed by atoms with E-state index in [1.54, 1.807) is 6.92 Å². The molecule has 0 amide bonds. The van der Waals surface area contributed by atoms with Crippen LogP contribution in [0.1, 0.15) is 12.7 Å². The van der Waals surface area contributed by atoms with Crippen molar-refractivity contribution in [3.63, 3.8) is 0 Å². The fraction of sp³-hybridized carbons (Fsp3) is 0.273. The summed E-state index contributed by atoms with van der Waals surface area (Å²) in [4.78, 5) is 21.0. The van der Waals surface area contributed by atoms with E-state index in [4.69, 9.17) is 21.1 Å². The van der Waals surface area contributed by atoms with Crippen molar-refractivity contribution in [1.29, 1.82) is 0 Å². The predicted octanol–water partition coefficient (Wildman–Crippen LogP) is 4.06. The molecule has 0 radical (unpaired) electrons. The van der Waals surface area contributed by atoms with Crippen molar-refractivity contribution >= 4 is 22.5 Å². The summed E-state index contributed by atoms with van der Waals surface area (Å²) in [5, 5.41) is 13.4. The van der Waals surface area contributed by atoms with Crippen LogP contribution >= 0.6 is 11.6 Å². The first kappa shape index (κ1) is 25.4. The standard InChI is InChI=1S/C22H18ClF4N5O4/c1-2-31-17(10-33)30-32(22(31)34)16-8-13-18(21(29-16)36-15(9-24)20(26)27)14(6-7-28-13)35-19-11(23)4-3-5-12(19)25/h3-8,15,20,33H,2,9-10H2,1H3. The Balaban J connectivity index is 1.95. The van der Waals surface area contributed by atoms with Gasteiger partial charge < -0.3 is 14.6 Å². The van der Waals surface area contributed by atoms with Crippen LogP contribution in [-0.4, -0.2) is 48.6 Å². The number of aliphatic hydroxyl groups is 1. The van der Waals surface area contributed by atoms with Gasteiger partial charge in [-0.1, -0.05) is 17.7 Å². The molecule has 190 valence electrons. The van der Waals surface area contributed by atoms with E-state index >= 15 is 0 Å². The monoisotopic (exact) mass is 527 g/mol. The lowest BCUT2D eigenvalue weighted by atomic mass is 10.2. The molecule has 0 saturated carbocycles. The number of ether oxygens (including phenoxy) is 2. The predicted molar refractivity (Wildman–Crippen MR) is 120 cm³/mol. The van der Waals surface area contributed by atoms with Gasteiger partial charge in [-0.05, 0) is 25.1 Å². The van der Waals surface area contributed by atoms with E-state index in [9.17, 15) is 27.5 Å². The number of fused-ring (bicyclic) bond motifs is 1. The molecular formula is C22H18ClF4N5O4. The van der Waals surface area contributed by atoms with E-state index in [1.165, 1.54) is 35.0 Å². The van der Waals surface area contributed by atoms with Crippen LogP contribution in [0.5, 0.6) is 17.4 Å². The number of halogens is 5. The molecule has 0 aliphatic carbocycles. The van der Waals surface area contributed by atoms with Crippen molar-refractivity contribution in [2.24, 2.45) is 0 Å². The molecule has 4 aromatic rings. The summed E-state index contributed by atoms with van der Waals surface area (Å²) >= 11 is 6.04. The van der Waals surface area contributed by atoms with Crippen LogP contribution in [0.4, 0.5) is 17.6 Å². The van der Waals surface area contributed by atoms with Gasteiger partial charge in [0.2, 0.25) is 5.88 Å². The molecule has 3 heterocycles. The Bertz CT molecular complexity index is 1440. The van der Waals surface area contributed by atoms with Gasteiger partial charge in [-0.25, -0.2) is 22.4 Å². The Labute approximate surface area is 205 Å². The highest BCUT2D eigenvalue weighted by Gasteiger charge is 2.27. The first-order chi connectivity index (χ1) is 17.3. The third-order valence-electron chi connectivity index (χ3n) is 5.08. The molecule has 0 aliphatic heterocycles. The van der Waals surface area contributed by atoms with Gasteiger partial charge >= 0.3 is 5.69 Å². The average molecular weight is 528 g/mol. The van der Waals surface area contributed by atoms with Crippen LogP contribution in [0.3, 0.4) is 0 Å². The quantitative estimate of drug-likeness (QED) is 0.327. The number of aliphatic hydroxyl groups excluding tert-OH is 1. The van der Waals surface area contributed by atoms with Gasteiger partial charge in [-0.3, -0.25) is 9.55 Å². The number of alkyl halides is 3. The summed E-state index contributed by atoms with van der Waals surface area (Å²) < 4.78 is 67.2. The summed E-state index contributed by atoms with van der Waals surface area (Å²) in [5.41, 5.74) is -0.656. The molecule has 0 fully saturated rings. The average Bonchev–Trinajstić information content (AvgIpc) is 3.19. The van der Waals surface area contributed by atoms with Crippen molar-refractivity contribution < 1.29 is 32.1 Å².